The maximum atomic E-state index is 13.5. The standard InChI is InChI=1S/C22H35FN2O5/c1-22(2,3)30-16-19(26)13-24-8-11-29-20(14-24)15-25(9-10-28-4)21(27)17-6-5-7-18(23)12-17/h5-7,12,19-20,26H,8-11,13-16H2,1-4H3/t19-,20-/m0/s1. The van der Waals surface area contributed by atoms with Gasteiger partial charge in [-0.2, -0.15) is 0 Å². The van der Waals surface area contributed by atoms with Crippen molar-refractivity contribution in [3.8, 4) is 0 Å². The molecule has 2 rings (SSSR count). The van der Waals surface area contributed by atoms with Gasteiger partial charge in [-0.1, -0.05) is 6.07 Å². The third kappa shape index (κ3) is 8.65. The molecule has 1 heterocycles. The average Bonchev–Trinajstić information content (AvgIpc) is 2.69. The van der Waals surface area contributed by atoms with Crippen molar-refractivity contribution in [3.63, 3.8) is 0 Å². The molecule has 1 aromatic carbocycles. The Balaban J connectivity index is 1.94. The van der Waals surface area contributed by atoms with Crippen molar-refractivity contribution in [1.82, 2.24) is 9.80 Å². The first-order valence-corrected chi connectivity index (χ1v) is 10.4. The molecule has 2 atom stereocenters. The molecule has 0 spiro atoms. The average molecular weight is 427 g/mol. The van der Waals surface area contributed by atoms with Gasteiger partial charge in [0, 0.05) is 45.4 Å². The van der Waals surface area contributed by atoms with Gasteiger partial charge in [0.2, 0.25) is 0 Å². The second-order valence-corrected chi connectivity index (χ2v) is 8.58. The Morgan fingerprint density at radius 1 is 1.43 bits per heavy atom. The van der Waals surface area contributed by atoms with Gasteiger partial charge in [-0.25, -0.2) is 4.39 Å². The van der Waals surface area contributed by atoms with Crippen molar-refractivity contribution < 1.29 is 28.5 Å². The topological polar surface area (TPSA) is 71.5 Å². The normalized spacial score (nSPS) is 18.9. The lowest BCUT2D eigenvalue weighted by Gasteiger charge is -2.36. The number of rotatable bonds is 10. The number of morpholine rings is 1. The first kappa shape index (κ1) is 24.7. The summed E-state index contributed by atoms with van der Waals surface area (Å²) in [7, 11) is 1.57. The number of aliphatic hydroxyl groups excluding tert-OH is 1. The molecular formula is C22H35FN2O5. The minimum Gasteiger partial charge on any atom is -0.389 e. The molecule has 0 saturated carbocycles. The van der Waals surface area contributed by atoms with E-state index in [0.717, 1.165) is 0 Å². The van der Waals surface area contributed by atoms with Crippen LogP contribution in [-0.4, -0.2) is 98.3 Å². The van der Waals surface area contributed by atoms with Crippen LogP contribution in [0.25, 0.3) is 0 Å². The van der Waals surface area contributed by atoms with E-state index in [2.05, 4.69) is 4.90 Å². The molecule has 1 aliphatic heterocycles. The van der Waals surface area contributed by atoms with Crippen LogP contribution in [0.2, 0.25) is 0 Å². The SMILES string of the molecule is COCCN(C[C@@H]1CN(C[C@H](O)COC(C)(C)C)CCO1)C(=O)c1cccc(F)c1. The van der Waals surface area contributed by atoms with Gasteiger partial charge in [0.15, 0.2) is 0 Å². The smallest absolute Gasteiger partial charge is 0.254 e. The summed E-state index contributed by atoms with van der Waals surface area (Å²) in [5.74, 6) is -0.704. The number of nitrogens with zero attached hydrogens (tertiary/aromatic N) is 2. The number of hydrogen-bond acceptors (Lipinski definition) is 6. The van der Waals surface area contributed by atoms with Gasteiger partial charge in [-0.15, -0.1) is 0 Å². The lowest BCUT2D eigenvalue weighted by atomic mass is 10.1. The van der Waals surface area contributed by atoms with E-state index in [1.165, 1.54) is 18.2 Å². The Morgan fingerprint density at radius 3 is 2.87 bits per heavy atom. The second-order valence-electron chi connectivity index (χ2n) is 8.58. The number of carbonyl (C=O) groups is 1. The minimum atomic E-state index is -0.596. The molecule has 1 aliphatic rings. The van der Waals surface area contributed by atoms with Crippen molar-refractivity contribution in [2.75, 3.05) is 59.7 Å². The molecule has 170 valence electrons. The minimum absolute atomic E-state index is 0.205. The van der Waals surface area contributed by atoms with E-state index in [1.807, 2.05) is 20.8 Å². The quantitative estimate of drug-likeness (QED) is 0.615. The van der Waals surface area contributed by atoms with E-state index < -0.39 is 11.9 Å². The molecule has 1 N–H and O–H groups in total. The van der Waals surface area contributed by atoms with E-state index in [4.69, 9.17) is 14.2 Å². The fraction of sp³-hybridized carbons (Fsp3) is 0.682. The molecule has 0 aliphatic carbocycles. The van der Waals surface area contributed by atoms with Crippen LogP contribution < -0.4 is 0 Å². The van der Waals surface area contributed by atoms with Crippen molar-refractivity contribution >= 4 is 5.91 Å². The van der Waals surface area contributed by atoms with Crippen LogP contribution >= 0.6 is 0 Å². The lowest BCUT2D eigenvalue weighted by molar-refractivity contribution is -0.0784. The maximum Gasteiger partial charge on any atom is 0.254 e. The number of aliphatic hydroxyl groups is 1. The third-order valence-corrected chi connectivity index (χ3v) is 4.75. The molecule has 0 bridgehead atoms. The number of ether oxygens (including phenoxy) is 3. The molecule has 0 radical (unpaired) electrons. The molecule has 1 amide bonds. The van der Waals surface area contributed by atoms with Gasteiger partial charge in [0.25, 0.3) is 5.91 Å². The molecule has 1 fully saturated rings. The Kier molecular flexibility index (Phi) is 9.64. The Labute approximate surface area is 178 Å². The van der Waals surface area contributed by atoms with E-state index in [9.17, 15) is 14.3 Å². The van der Waals surface area contributed by atoms with E-state index in [-0.39, 0.29) is 24.2 Å². The van der Waals surface area contributed by atoms with Crippen LogP contribution in [0.5, 0.6) is 0 Å². The third-order valence-electron chi connectivity index (χ3n) is 4.75. The van der Waals surface area contributed by atoms with Gasteiger partial charge >= 0.3 is 0 Å². The summed E-state index contributed by atoms with van der Waals surface area (Å²) < 4.78 is 30.2. The fourth-order valence-electron chi connectivity index (χ4n) is 3.28. The number of methoxy groups -OCH3 is 1. The zero-order chi connectivity index (χ0) is 22.1. The van der Waals surface area contributed by atoms with Crippen LogP contribution in [0.15, 0.2) is 24.3 Å². The predicted molar refractivity (Wildman–Crippen MR) is 112 cm³/mol. The van der Waals surface area contributed by atoms with E-state index >= 15 is 0 Å². The lowest BCUT2D eigenvalue weighted by Crippen LogP contribution is -2.51. The summed E-state index contributed by atoms with van der Waals surface area (Å²) in [6, 6.07) is 5.68. The highest BCUT2D eigenvalue weighted by Crippen LogP contribution is 2.13. The highest BCUT2D eigenvalue weighted by molar-refractivity contribution is 5.94. The largest absolute Gasteiger partial charge is 0.389 e. The summed E-state index contributed by atoms with van der Waals surface area (Å²) in [5.41, 5.74) is 0.00159. The van der Waals surface area contributed by atoms with Gasteiger partial charge in [0.05, 0.1) is 37.6 Å². The zero-order valence-corrected chi connectivity index (χ0v) is 18.5. The van der Waals surface area contributed by atoms with Crippen LogP contribution in [0.4, 0.5) is 4.39 Å². The molecule has 1 saturated heterocycles. The van der Waals surface area contributed by atoms with Crippen molar-refractivity contribution in [1.29, 1.82) is 0 Å². The number of halogens is 1. The molecular weight excluding hydrogens is 391 g/mol. The van der Waals surface area contributed by atoms with Crippen molar-refractivity contribution in [2.45, 2.75) is 38.6 Å². The number of β-amino-alcohol motifs (C(OH)–C–C–N with tert-alkyl or cyclic N) is 1. The molecule has 1 aromatic rings. The van der Waals surface area contributed by atoms with E-state index in [1.54, 1.807) is 18.1 Å². The number of benzene rings is 1. The first-order chi connectivity index (χ1) is 14.2. The van der Waals surface area contributed by atoms with Crippen LogP contribution in [0.1, 0.15) is 31.1 Å². The monoisotopic (exact) mass is 426 g/mol. The van der Waals surface area contributed by atoms with E-state index in [0.29, 0.717) is 51.5 Å². The van der Waals surface area contributed by atoms with Gasteiger partial charge < -0.3 is 24.2 Å². The Morgan fingerprint density at radius 2 is 2.20 bits per heavy atom. The van der Waals surface area contributed by atoms with Gasteiger partial charge in [-0.3, -0.25) is 9.69 Å². The fourth-order valence-corrected chi connectivity index (χ4v) is 3.28. The summed E-state index contributed by atoms with van der Waals surface area (Å²) in [4.78, 5) is 16.6. The number of carbonyl (C=O) groups excluding carboxylic acids is 1. The van der Waals surface area contributed by atoms with Gasteiger partial charge in [0.1, 0.15) is 5.82 Å². The van der Waals surface area contributed by atoms with Crippen LogP contribution in [-0.2, 0) is 14.2 Å². The Bertz CT molecular complexity index is 667. The second kappa shape index (κ2) is 11.7. The molecule has 8 heteroatoms. The summed E-state index contributed by atoms with van der Waals surface area (Å²) in [6.45, 7) is 9.54. The van der Waals surface area contributed by atoms with Crippen LogP contribution in [0, 0.1) is 5.82 Å². The molecule has 0 unspecified atom stereocenters. The molecule has 0 aromatic heterocycles. The summed E-state index contributed by atoms with van der Waals surface area (Å²) in [6.07, 6.45) is -0.801. The number of amides is 1. The summed E-state index contributed by atoms with van der Waals surface area (Å²) >= 11 is 0. The first-order valence-electron chi connectivity index (χ1n) is 10.4. The van der Waals surface area contributed by atoms with Crippen LogP contribution in [0.3, 0.4) is 0 Å². The Hall–Kier alpha value is -1.58. The number of hydrogen-bond donors (Lipinski definition) is 1. The maximum absolute atomic E-state index is 13.5. The predicted octanol–water partition coefficient (Wildman–Crippen LogP) is 1.79. The van der Waals surface area contributed by atoms with Crippen molar-refractivity contribution in [3.05, 3.63) is 35.6 Å². The highest BCUT2D eigenvalue weighted by Gasteiger charge is 2.27. The summed E-state index contributed by atoms with van der Waals surface area (Å²) in [5, 5.41) is 10.3. The highest BCUT2D eigenvalue weighted by atomic mass is 19.1. The van der Waals surface area contributed by atoms with Gasteiger partial charge in [-0.05, 0) is 39.0 Å². The molecule has 7 nitrogen and oxygen atoms in total. The molecule has 30 heavy (non-hydrogen) atoms. The van der Waals surface area contributed by atoms with Crippen molar-refractivity contribution in [2.24, 2.45) is 0 Å². The zero-order valence-electron chi connectivity index (χ0n) is 18.5.